The lowest BCUT2D eigenvalue weighted by Gasteiger charge is -2.15. The number of nitrogens with two attached hydrogens (primary N) is 1. The van der Waals surface area contributed by atoms with Crippen LogP contribution in [0, 0.1) is 0 Å². The van der Waals surface area contributed by atoms with Crippen LogP contribution in [-0.4, -0.2) is 22.0 Å². The second-order valence-corrected chi connectivity index (χ2v) is 3.73. The van der Waals surface area contributed by atoms with Crippen LogP contribution < -0.4 is 5.73 Å². The summed E-state index contributed by atoms with van der Waals surface area (Å²) in [5, 5.41) is 0. The molecule has 3 nitrogen and oxygen atoms in total. The Labute approximate surface area is 80.9 Å². The maximum atomic E-state index is 13.2. The molecule has 0 radical (unpaired) electrons. The van der Waals surface area contributed by atoms with E-state index in [4.69, 9.17) is 5.73 Å². The molecule has 1 saturated carbocycles. The van der Waals surface area contributed by atoms with Gasteiger partial charge in [0.1, 0.15) is 0 Å². The van der Waals surface area contributed by atoms with Gasteiger partial charge in [0.25, 0.3) is 5.92 Å². The van der Waals surface area contributed by atoms with Gasteiger partial charge in [0.2, 0.25) is 0 Å². The molecule has 0 amide bonds. The van der Waals surface area contributed by atoms with Crippen LogP contribution in [0.2, 0.25) is 0 Å². The van der Waals surface area contributed by atoms with Crippen molar-refractivity contribution < 1.29 is 8.78 Å². The van der Waals surface area contributed by atoms with Crippen molar-refractivity contribution in [3.8, 4) is 0 Å². The maximum absolute atomic E-state index is 13.2. The van der Waals surface area contributed by atoms with Crippen molar-refractivity contribution in [2.45, 2.75) is 31.2 Å². The number of hydrogen-bond acceptors (Lipinski definition) is 2. The van der Waals surface area contributed by atoms with Crippen LogP contribution >= 0.6 is 0 Å². The topological polar surface area (TPSA) is 43.8 Å². The predicted octanol–water partition coefficient (Wildman–Crippen LogP) is 1.14. The van der Waals surface area contributed by atoms with E-state index in [1.54, 1.807) is 10.9 Å². The minimum absolute atomic E-state index is 0.0221. The fourth-order valence-electron chi connectivity index (χ4n) is 1.91. The summed E-state index contributed by atoms with van der Waals surface area (Å²) in [6.45, 7) is 2.52. The zero-order valence-electron chi connectivity index (χ0n) is 8.00. The number of rotatable bonds is 3. The van der Waals surface area contributed by atoms with E-state index in [0.717, 1.165) is 0 Å². The largest absolute Gasteiger partial charge is 0.334 e. The summed E-state index contributed by atoms with van der Waals surface area (Å²) in [7, 11) is 0. The molecule has 0 spiro atoms. The predicted molar refractivity (Wildman–Crippen MR) is 48.2 cm³/mol. The van der Waals surface area contributed by atoms with Crippen LogP contribution in [-0.2, 0) is 12.0 Å². The normalized spacial score (nSPS) is 29.1. The number of nitrogens with zero attached hydrogens (tertiary/aromatic N) is 2. The van der Waals surface area contributed by atoms with Crippen molar-refractivity contribution in [2.24, 2.45) is 5.73 Å². The van der Waals surface area contributed by atoms with E-state index in [0.29, 0.717) is 12.2 Å². The molecule has 14 heavy (non-hydrogen) atoms. The first-order chi connectivity index (χ1) is 6.57. The van der Waals surface area contributed by atoms with Crippen LogP contribution in [0.4, 0.5) is 8.78 Å². The summed E-state index contributed by atoms with van der Waals surface area (Å²) in [5.74, 6) is -2.66. The molecule has 1 aromatic heterocycles. The average Bonchev–Trinajstić information content (AvgIpc) is 2.56. The first-order valence-corrected chi connectivity index (χ1v) is 4.66. The van der Waals surface area contributed by atoms with Gasteiger partial charge in [0.15, 0.2) is 0 Å². The highest BCUT2D eigenvalue weighted by Crippen LogP contribution is 2.60. The molecule has 1 aromatic rings. The first-order valence-electron chi connectivity index (χ1n) is 4.66. The first kappa shape index (κ1) is 9.58. The summed E-state index contributed by atoms with van der Waals surface area (Å²) in [6.07, 6.45) is 2.92. The molecule has 1 fully saturated rings. The summed E-state index contributed by atoms with van der Waals surface area (Å²) in [6, 6.07) is 0. The van der Waals surface area contributed by atoms with E-state index in [1.807, 2.05) is 6.92 Å². The zero-order valence-corrected chi connectivity index (χ0v) is 8.00. The molecule has 0 bridgehead atoms. The van der Waals surface area contributed by atoms with E-state index < -0.39 is 11.3 Å². The van der Waals surface area contributed by atoms with Crippen molar-refractivity contribution in [1.82, 2.24) is 9.55 Å². The molecule has 78 valence electrons. The molecule has 1 heterocycles. The molecule has 5 heteroatoms. The van der Waals surface area contributed by atoms with Gasteiger partial charge in [0, 0.05) is 25.7 Å². The molecule has 2 N–H and O–H groups in total. The molecule has 0 saturated heterocycles. The van der Waals surface area contributed by atoms with Crippen LogP contribution in [0.25, 0.3) is 0 Å². The zero-order chi connectivity index (χ0) is 10.4. The number of aromatic nitrogens is 2. The Morgan fingerprint density at radius 1 is 1.64 bits per heavy atom. The van der Waals surface area contributed by atoms with E-state index in [9.17, 15) is 8.78 Å². The number of imidazole rings is 1. The highest BCUT2D eigenvalue weighted by Gasteiger charge is 2.72. The fraction of sp³-hybridized carbons (Fsp3) is 0.667. The Morgan fingerprint density at radius 2 is 2.29 bits per heavy atom. The van der Waals surface area contributed by atoms with Crippen LogP contribution in [0.5, 0.6) is 0 Å². The highest BCUT2D eigenvalue weighted by atomic mass is 19.3. The summed E-state index contributed by atoms with van der Waals surface area (Å²) < 4.78 is 28.2. The Bertz CT molecular complexity index is 348. The third kappa shape index (κ3) is 1.02. The number of alkyl halides is 2. The Hall–Kier alpha value is -0.970. The average molecular weight is 201 g/mol. The molecule has 2 rings (SSSR count). The van der Waals surface area contributed by atoms with Gasteiger partial charge in [-0.3, -0.25) is 0 Å². The van der Waals surface area contributed by atoms with Crippen molar-refractivity contribution in [1.29, 1.82) is 0 Å². The second-order valence-electron chi connectivity index (χ2n) is 3.73. The van der Waals surface area contributed by atoms with E-state index >= 15 is 0 Å². The summed E-state index contributed by atoms with van der Waals surface area (Å²) in [5.41, 5.74) is 4.85. The summed E-state index contributed by atoms with van der Waals surface area (Å²) in [4.78, 5) is 3.89. The quantitative estimate of drug-likeness (QED) is 0.796. The van der Waals surface area contributed by atoms with Gasteiger partial charge in [-0.15, -0.1) is 0 Å². The molecular weight excluding hydrogens is 188 g/mol. The molecule has 1 atom stereocenters. The van der Waals surface area contributed by atoms with E-state index in [2.05, 4.69) is 4.98 Å². The monoisotopic (exact) mass is 201 g/mol. The van der Waals surface area contributed by atoms with Gasteiger partial charge in [-0.25, -0.2) is 13.8 Å². The van der Waals surface area contributed by atoms with E-state index in [1.165, 1.54) is 6.20 Å². The SMILES string of the molecule is CCn1cncc1C1(CN)CC1(F)F. The lowest BCUT2D eigenvalue weighted by Crippen LogP contribution is -2.29. The van der Waals surface area contributed by atoms with Crippen LogP contribution in [0.1, 0.15) is 19.0 Å². The molecule has 1 aliphatic rings. The van der Waals surface area contributed by atoms with E-state index in [-0.39, 0.29) is 13.0 Å². The lowest BCUT2D eigenvalue weighted by atomic mass is 10.0. The molecule has 0 aromatic carbocycles. The van der Waals surface area contributed by atoms with Gasteiger partial charge in [-0.05, 0) is 6.92 Å². The third-order valence-corrected chi connectivity index (χ3v) is 2.99. The van der Waals surface area contributed by atoms with Crippen LogP contribution in [0.15, 0.2) is 12.5 Å². The Morgan fingerprint density at radius 3 is 2.71 bits per heavy atom. The standard InChI is InChI=1S/C9H13F2N3/c1-2-14-6-13-3-7(14)8(5-12)4-9(8,10)11/h3,6H,2,4-5,12H2,1H3. The van der Waals surface area contributed by atoms with Crippen molar-refractivity contribution in [2.75, 3.05) is 6.54 Å². The molecule has 1 unspecified atom stereocenters. The van der Waals surface area contributed by atoms with Gasteiger partial charge in [-0.1, -0.05) is 0 Å². The molecule has 1 aliphatic carbocycles. The van der Waals surface area contributed by atoms with Crippen molar-refractivity contribution in [3.05, 3.63) is 18.2 Å². The third-order valence-electron chi connectivity index (χ3n) is 2.99. The van der Waals surface area contributed by atoms with Gasteiger partial charge < -0.3 is 10.3 Å². The Kier molecular flexibility index (Phi) is 1.89. The second kappa shape index (κ2) is 2.76. The fourth-order valence-corrected chi connectivity index (χ4v) is 1.91. The van der Waals surface area contributed by atoms with Crippen molar-refractivity contribution >= 4 is 0 Å². The highest BCUT2D eigenvalue weighted by molar-refractivity contribution is 5.33. The summed E-state index contributed by atoms with van der Waals surface area (Å²) >= 11 is 0. The lowest BCUT2D eigenvalue weighted by molar-refractivity contribution is 0.0877. The van der Waals surface area contributed by atoms with Crippen LogP contribution in [0.3, 0.4) is 0 Å². The number of hydrogen-bond donors (Lipinski definition) is 1. The van der Waals surface area contributed by atoms with Gasteiger partial charge in [-0.2, -0.15) is 0 Å². The molecule has 0 aliphatic heterocycles. The van der Waals surface area contributed by atoms with Gasteiger partial charge >= 0.3 is 0 Å². The molecular formula is C9H13F2N3. The van der Waals surface area contributed by atoms with Gasteiger partial charge in [0.05, 0.1) is 17.4 Å². The maximum Gasteiger partial charge on any atom is 0.261 e. The number of halogens is 2. The smallest absolute Gasteiger partial charge is 0.261 e. The minimum Gasteiger partial charge on any atom is -0.334 e. The number of aryl methyl sites for hydroxylation is 1. The minimum atomic E-state index is -2.66. The van der Waals surface area contributed by atoms with Crippen molar-refractivity contribution in [3.63, 3.8) is 0 Å². The Balaban J connectivity index is 2.40.